The summed E-state index contributed by atoms with van der Waals surface area (Å²) in [6, 6.07) is 3.26. The van der Waals surface area contributed by atoms with Gasteiger partial charge in [-0.2, -0.15) is 4.98 Å². The molecule has 1 aromatic carbocycles. The van der Waals surface area contributed by atoms with Gasteiger partial charge in [0.25, 0.3) is 0 Å². The molecule has 0 amide bonds. The minimum atomic E-state index is -0.523. The van der Waals surface area contributed by atoms with Gasteiger partial charge in [0.1, 0.15) is 11.6 Å². The second-order valence-corrected chi connectivity index (χ2v) is 5.12. The predicted octanol–water partition coefficient (Wildman–Crippen LogP) is 3.24. The number of benzene rings is 1. The highest BCUT2D eigenvalue weighted by molar-refractivity contribution is 6.31. The van der Waals surface area contributed by atoms with Gasteiger partial charge < -0.3 is 10.5 Å². The van der Waals surface area contributed by atoms with Crippen LogP contribution >= 0.6 is 11.6 Å². The first-order valence-corrected chi connectivity index (χ1v) is 6.83. The third-order valence-corrected chi connectivity index (χ3v) is 3.34. The number of allylic oxidation sites excluding steroid dienone is 4. The number of nitrogens with zero attached hydrogens (tertiary/aromatic N) is 2. The highest BCUT2D eigenvalue weighted by Crippen LogP contribution is 2.33. The molecule has 2 aromatic rings. The van der Waals surface area contributed by atoms with E-state index in [2.05, 4.69) is 18.1 Å². The zero-order chi connectivity index (χ0) is 16.4. The average Bonchev–Trinajstić information content (AvgIpc) is 2.44. The van der Waals surface area contributed by atoms with E-state index in [-0.39, 0.29) is 5.82 Å². The van der Waals surface area contributed by atoms with Crippen molar-refractivity contribution in [2.45, 2.75) is 6.92 Å². The number of nitrogen functional groups attached to an aromatic ring is 1. The van der Waals surface area contributed by atoms with E-state index in [1.807, 2.05) is 0 Å². The molecule has 5 nitrogen and oxygen atoms in total. The number of ether oxygens (including phenoxy) is 1. The van der Waals surface area contributed by atoms with Crippen molar-refractivity contribution in [1.82, 2.24) is 9.55 Å². The van der Waals surface area contributed by atoms with Gasteiger partial charge in [-0.15, -0.1) is 0 Å². The molecule has 0 aliphatic heterocycles. The van der Waals surface area contributed by atoms with Gasteiger partial charge in [-0.25, -0.2) is 4.79 Å². The Morgan fingerprint density at radius 1 is 1.50 bits per heavy atom. The lowest BCUT2D eigenvalue weighted by Gasteiger charge is -2.16. The molecule has 0 aliphatic rings. The topological polar surface area (TPSA) is 70.1 Å². The van der Waals surface area contributed by atoms with Gasteiger partial charge in [-0.1, -0.05) is 30.8 Å². The van der Waals surface area contributed by atoms with Gasteiger partial charge in [0.15, 0.2) is 0 Å². The Balaban J connectivity index is 3.06. The molecule has 0 aliphatic carbocycles. The molecular weight excluding hydrogens is 302 g/mol. The molecule has 0 unspecified atom stereocenters. The Morgan fingerprint density at radius 3 is 2.73 bits per heavy atom. The first-order chi connectivity index (χ1) is 10.4. The molecule has 0 saturated heterocycles. The van der Waals surface area contributed by atoms with Gasteiger partial charge >= 0.3 is 5.69 Å². The van der Waals surface area contributed by atoms with Gasteiger partial charge in [0.2, 0.25) is 0 Å². The Hall–Kier alpha value is -2.53. The van der Waals surface area contributed by atoms with Crippen molar-refractivity contribution < 1.29 is 4.74 Å². The lowest BCUT2D eigenvalue weighted by molar-refractivity contribution is 0.419. The summed E-state index contributed by atoms with van der Waals surface area (Å²) in [5, 5.41) is 0.936. The van der Waals surface area contributed by atoms with Crippen molar-refractivity contribution in [3.63, 3.8) is 0 Å². The zero-order valence-electron chi connectivity index (χ0n) is 12.4. The second kappa shape index (κ2) is 6.07. The minimum Gasteiger partial charge on any atom is -0.496 e. The van der Waals surface area contributed by atoms with Crippen LogP contribution in [-0.2, 0) is 0 Å². The third-order valence-electron chi connectivity index (χ3n) is 3.12. The van der Waals surface area contributed by atoms with Gasteiger partial charge in [0.05, 0.1) is 23.7 Å². The van der Waals surface area contributed by atoms with E-state index in [0.717, 1.165) is 0 Å². The van der Waals surface area contributed by atoms with E-state index in [4.69, 9.17) is 22.1 Å². The molecule has 0 fully saturated rings. The highest BCUT2D eigenvalue weighted by Gasteiger charge is 2.16. The molecule has 1 heterocycles. The first-order valence-electron chi connectivity index (χ1n) is 6.45. The Bertz CT molecular complexity index is 866. The van der Waals surface area contributed by atoms with Crippen molar-refractivity contribution in [3.05, 3.63) is 58.5 Å². The van der Waals surface area contributed by atoms with Crippen LogP contribution in [0, 0.1) is 0 Å². The second-order valence-electron chi connectivity index (χ2n) is 4.69. The monoisotopic (exact) mass is 317 g/mol. The Kier molecular flexibility index (Phi) is 4.37. The van der Waals surface area contributed by atoms with Gasteiger partial charge in [-0.3, -0.25) is 4.57 Å². The van der Waals surface area contributed by atoms with E-state index in [1.54, 1.807) is 31.2 Å². The van der Waals surface area contributed by atoms with E-state index in [0.29, 0.717) is 32.9 Å². The third kappa shape index (κ3) is 2.63. The van der Waals surface area contributed by atoms with Crippen molar-refractivity contribution in [1.29, 1.82) is 0 Å². The quantitative estimate of drug-likeness (QED) is 0.879. The molecule has 2 N–H and O–H groups in total. The summed E-state index contributed by atoms with van der Waals surface area (Å²) < 4.78 is 6.70. The number of rotatable bonds is 4. The molecule has 1 aromatic heterocycles. The van der Waals surface area contributed by atoms with E-state index in [9.17, 15) is 4.79 Å². The van der Waals surface area contributed by atoms with Crippen molar-refractivity contribution in [3.8, 4) is 5.75 Å². The van der Waals surface area contributed by atoms with Gasteiger partial charge in [0, 0.05) is 5.02 Å². The summed E-state index contributed by atoms with van der Waals surface area (Å²) in [6.07, 6.45) is 3.24. The number of aromatic nitrogens is 2. The van der Waals surface area contributed by atoms with E-state index < -0.39 is 5.69 Å². The molecule has 2 rings (SSSR count). The van der Waals surface area contributed by atoms with Crippen LogP contribution in [0.4, 0.5) is 5.82 Å². The van der Waals surface area contributed by atoms with Gasteiger partial charge in [-0.05, 0) is 30.7 Å². The summed E-state index contributed by atoms with van der Waals surface area (Å²) in [7, 11) is 1.50. The van der Waals surface area contributed by atoms with Crippen LogP contribution in [0.2, 0.25) is 5.02 Å². The number of halogens is 1. The van der Waals surface area contributed by atoms with Crippen LogP contribution < -0.4 is 16.2 Å². The van der Waals surface area contributed by atoms with Crippen LogP contribution in [0.1, 0.15) is 6.92 Å². The highest BCUT2D eigenvalue weighted by atomic mass is 35.5. The smallest absolute Gasteiger partial charge is 0.354 e. The minimum absolute atomic E-state index is 0.0874. The summed E-state index contributed by atoms with van der Waals surface area (Å²) in [6.45, 7) is 9.33. The van der Waals surface area contributed by atoms with Crippen molar-refractivity contribution in [2.24, 2.45) is 0 Å². The number of hydrogen-bond donors (Lipinski definition) is 1. The molecular formula is C16H16ClN3O2. The predicted molar refractivity (Wildman–Crippen MR) is 91.3 cm³/mol. The summed E-state index contributed by atoms with van der Waals surface area (Å²) in [4.78, 5) is 16.2. The Morgan fingerprint density at radius 2 is 2.18 bits per heavy atom. The maximum atomic E-state index is 12.4. The molecule has 0 bridgehead atoms. The van der Waals surface area contributed by atoms with Crippen LogP contribution in [-0.4, -0.2) is 16.7 Å². The normalized spacial score (nSPS) is 11.5. The molecule has 0 spiro atoms. The van der Waals surface area contributed by atoms with Crippen LogP contribution in [0.15, 0.2) is 47.8 Å². The SMILES string of the molecule is C=C/C=C(\C(=C)C)n1c(=O)nc(N)c2c(OC)cc(Cl)cc21. The number of methoxy groups -OCH3 is 1. The molecule has 22 heavy (non-hydrogen) atoms. The Labute approximate surface area is 133 Å². The lowest BCUT2D eigenvalue weighted by Crippen LogP contribution is -2.24. The molecule has 0 atom stereocenters. The maximum absolute atomic E-state index is 12.4. The maximum Gasteiger partial charge on any atom is 0.354 e. The summed E-state index contributed by atoms with van der Waals surface area (Å²) >= 11 is 6.12. The first kappa shape index (κ1) is 15.9. The van der Waals surface area contributed by atoms with Crippen LogP contribution in [0.3, 0.4) is 0 Å². The molecule has 6 heteroatoms. The fraction of sp³-hybridized carbons (Fsp3) is 0.125. The van der Waals surface area contributed by atoms with Crippen molar-refractivity contribution in [2.75, 3.05) is 12.8 Å². The number of anilines is 1. The summed E-state index contributed by atoms with van der Waals surface area (Å²) in [5.74, 6) is 0.533. The fourth-order valence-electron chi connectivity index (χ4n) is 2.23. The van der Waals surface area contributed by atoms with E-state index in [1.165, 1.54) is 11.7 Å². The van der Waals surface area contributed by atoms with Crippen LogP contribution in [0.5, 0.6) is 5.75 Å². The zero-order valence-corrected chi connectivity index (χ0v) is 13.1. The van der Waals surface area contributed by atoms with Crippen LogP contribution in [0.25, 0.3) is 16.6 Å². The standard InChI is InChI=1S/C16H16ClN3O2/c1-5-6-11(9(2)3)20-12-7-10(17)8-13(22-4)14(12)15(18)19-16(20)21/h5-8H,1-2H2,3-4H3,(H2,18,19,21)/b11-6+. The summed E-state index contributed by atoms with van der Waals surface area (Å²) in [5.41, 5.74) is 7.10. The largest absolute Gasteiger partial charge is 0.496 e. The molecule has 0 radical (unpaired) electrons. The van der Waals surface area contributed by atoms with E-state index >= 15 is 0 Å². The average molecular weight is 318 g/mol. The number of fused-ring (bicyclic) bond motifs is 1. The number of hydrogen-bond acceptors (Lipinski definition) is 4. The number of nitrogens with two attached hydrogens (primary N) is 1. The fourth-order valence-corrected chi connectivity index (χ4v) is 2.43. The lowest BCUT2D eigenvalue weighted by atomic mass is 10.1. The van der Waals surface area contributed by atoms with Crippen molar-refractivity contribution >= 4 is 34.0 Å². The molecule has 0 saturated carbocycles. The molecule has 114 valence electrons.